The largest absolute Gasteiger partial charge is 0.505 e. The zero-order chi connectivity index (χ0) is 15.5. The van der Waals surface area contributed by atoms with E-state index in [4.69, 9.17) is 16.3 Å². The lowest BCUT2D eigenvalue weighted by Gasteiger charge is -2.24. The van der Waals surface area contributed by atoms with Crippen LogP contribution in [-0.4, -0.2) is 59.2 Å². The molecule has 1 fully saturated rings. The van der Waals surface area contributed by atoms with Crippen molar-refractivity contribution in [1.82, 2.24) is 9.88 Å². The molecule has 6 nitrogen and oxygen atoms in total. The molecule has 3 rings (SSSR count). The summed E-state index contributed by atoms with van der Waals surface area (Å²) in [5, 5.41) is 20.8. The normalized spacial score (nSPS) is 16.6. The first-order chi connectivity index (χ1) is 10.7. The summed E-state index contributed by atoms with van der Waals surface area (Å²) in [6.45, 7) is 3.74. The van der Waals surface area contributed by atoms with E-state index in [1.807, 2.05) is 0 Å². The van der Waals surface area contributed by atoms with E-state index in [2.05, 4.69) is 14.9 Å². The minimum Gasteiger partial charge on any atom is -0.505 e. The van der Waals surface area contributed by atoms with Crippen LogP contribution in [0.15, 0.2) is 23.3 Å². The fraction of sp³-hybridized carbons (Fsp3) is 0.333. The Morgan fingerprint density at radius 3 is 2.86 bits per heavy atom. The number of aromatic nitrogens is 1. The number of nitrogens with zero attached hydrogens (tertiary/aromatic N) is 3. The summed E-state index contributed by atoms with van der Waals surface area (Å²) in [5.74, 6) is -0.252. The van der Waals surface area contributed by atoms with Crippen LogP contribution in [0.3, 0.4) is 0 Å². The van der Waals surface area contributed by atoms with Crippen LogP contribution in [0, 0.1) is 0 Å². The van der Waals surface area contributed by atoms with Crippen molar-refractivity contribution in [2.75, 3.05) is 32.8 Å². The predicted molar refractivity (Wildman–Crippen MR) is 85.5 cm³/mol. The van der Waals surface area contributed by atoms with Crippen LogP contribution >= 0.6 is 11.6 Å². The number of hydrogen-bond acceptors (Lipinski definition) is 6. The zero-order valence-corrected chi connectivity index (χ0v) is 12.6. The first kappa shape index (κ1) is 15.0. The summed E-state index contributed by atoms with van der Waals surface area (Å²) in [7, 11) is 0. The second kappa shape index (κ2) is 6.48. The van der Waals surface area contributed by atoms with Crippen molar-refractivity contribution in [3.05, 3.63) is 23.4 Å². The molecule has 0 radical (unpaired) electrons. The van der Waals surface area contributed by atoms with Crippen LogP contribution in [-0.2, 0) is 4.74 Å². The number of fused-ring (bicyclic) bond motifs is 1. The van der Waals surface area contributed by atoms with Gasteiger partial charge in [-0.05, 0) is 12.1 Å². The third-order valence-corrected chi connectivity index (χ3v) is 3.95. The fourth-order valence-electron chi connectivity index (χ4n) is 2.38. The second-order valence-corrected chi connectivity index (χ2v) is 5.36. The van der Waals surface area contributed by atoms with Crippen LogP contribution < -0.4 is 0 Å². The third-order valence-electron chi connectivity index (χ3n) is 3.59. The highest BCUT2D eigenvalue weighted by Crippen LogP contribution is 2.46. The molecule has 0 saturated carbocycles. The highest BCUT2D eigenvalue weighted by molar-refractivity contribution is 6.36. The summed E-state index contributed by atoms with van der Waals surface area (Å²) < 4.78 is 5.28. The molecule has 116 valence electrons. The molecule has 0 spiro atoms. The van der Waals surface area contributed by atoms with Crippen molar-refractivity contribution in [2.24, 2.45) is 4.99 Å². The summed E-state index contributed by atoms with van der Waals surface area (Å²) in [5.41, 5.74) is 0.421. The fourth-order valence-corrected chi connectivity index (χ4v) is 2.61. The van der Waals surface area contributed by atoms with Crippen molar-refractivity contribution >= 4 is 34.4 Å². The van der Waals surface area contributed by atoms with Gasteiger partial charge in [-0.1, -0.05) is 11.6 Å². The van der Waals surface area contributed by atoms with Crippen molar-refractivity contribution in [3.8, 4) is 11.5 Å². The number of phenols is 2. The average Bonchev–Trinajstić information content (AvgIpc) is 2.57. The molecule has 0 unspecified atom stereocenters. The SMILES string of the molecule is Oc1c(N=CCN2CCOCC2)c(Cl)c(O)c2ncccc12. The number of aliphatic imine (C=N–C) groups is 1. The lowest BCUT2D eigenvalue weighted by Crippen LogP contribution is -2.37. The van der Waals surface area contributed by atoms with Gasteiger partial charge in [-0.3, -0.25) is 14.9 Å². The quantitative estimate of drug-likeness (QED) is 0.670. The Kier molecular flexibility index (Phi) is 4.42. The second-order valence-electron chi connectivity index (χ2n) is 4.98. The summed E-state index contributed by atoms with van der Waals surface area (Å²) >= 11 is 6.10. The van der Waals surface area contributed by atoms with Gasteiger partial charge in [-0.25, -0.2) is 0 Å². The molecular weight excluding hydrogens is 306 g/mol. The summed E-state index contributed by atoms with van der Waals surface area (Å²) in [6.07, 6.45) is 3.20. The Balaban J connectivity index is 1.89. The van der Waals surface area contributed by atoms with Crippen LogP contribution in [0.5, 0.6) is 11.5 Å². The molecule has 0 atom stereocenters. The van der Waals surface area contributed by atoms with Gasteiger partial charge in [-0.15, -0.1) is 0 Å². The van der Waals surface area contributed by atoms with Crippen molar-refractivity contribution in [1.29, 1.82) is 0 Å². The molecule has 2 N–H and O–H groups in total. The molecule has 7 heteroatoms. The molecule has 22 heavy (non-hydrogen) atoms. The molecule has 1 aromatic carbocycles. The van der Waals surface area contributed by atoms with Gasteiger partial charge in [0.15, 0.2) is 11.5 Å². The van der Waals surface area contributed by atoms with Gasteiger partial charge in [0, 0.05) is 37.4 Å². The molecule has 0 aliphatic carbocycles. The van der Waals surface area contributed by atoms with Gasteiger partial charge in [0.05, 0.1) is 13.2 Å². The van der Waals surface area contributed by atoms with Crippen LogP contribution in [0.4, 0.5) is 5.69 Å². The number of rotatable bonds is 3. The number of phenolic OH excluding ortho intramolecular Hbond substituents is 2. The van der Waals surface area contributed by atoms with E-state index in [-0.39, 0.29) is 27.7 Å². The zero-order valence-electron chi connectivity index (χ0n) is 11.9. The molecule has 2 heterocycles. The highest BCUT2D eigenvalue weighted by atomic mass is 35.5. The number of benzene rings is 1. The first-order valence-corrected chi connectivity index (χ1v) is 7.37. The third kappa shape index (κ3) is 2.85. The average molecular weight is 322 g/mol. The first-order valence-electron chi connectivity index (χ1n) is 6.99. The Hall–Kier alpha value is -1.89. The Bertz CT molecular complexity index is 715. The topological polar surface area (TPSA) is 78.2 Å². The van der Waals surface area contributed by atoms with Gasteiger partial charge in [0.25, 0.3) is 0 Å². The van der Waals surface area contributed by atoms with E-state index in [1.54, 1.807) is 18.3 Å². The molecule has 1 aliphatic rings. The van der Waals surface area contributed by atoms with Gasteiger partial charge in [0.1, 0.15) is 16.2 Å². The molecule has 1 saturated heterocycles. The lowest BCUT2D eigenvalue weighted by molar-refractivity contribution is 0.0457. The Morgan fingerprint density at radius 2 is 2.09 bits per heavy atom. The number of pyridine rings is 1. The van der Waals surface area contributed by atoms with Gasteiger partial charge < -0.3 is 14.9 Å². The molecule has 0 bridgehead atoms. The number of hydrogen-bond donors (Lipinski definition) is 2. The van der Waals surface area contributed by atoms with E-state index in [1.165, 1.54) is 6.20 Å². The van der Waals surface area contributed by atoms with E-state index in [0.29, 0.717) is 25.1 Å². The Morgan fingerprint density at radius 1 is 1.32 bits per heavy atom. The number of morpholine rings is 1. The molecule has 1 aromatic heterocycles. The van der Waals surface area contributed by atoms with Crippen molar-refractivity contribution < 1.29 is 14.9 Å². The van der Waals surface area contributed by atoms with E-state index < -0.39 is 0 Å². The summed E-state index contributed by atoms with van der Waals surface area (Å²) in [6, 6.07) is 3.34. The summed E-state index contributed by atoms with van der Waals surface area (Å²) in [4.78, 5) is 10.4. The van der Waals surface area contributed by atoms with Crippen molar-refractivity contribution in [3.63, 3.8) is 0 Å². The minimum atomic E-state index is -0.173. The lowest BCUT2D eigenvalue weighted by atomic mass is 10.1. The molecule has 1 aliphatic heterocycles. The van der Waals surface area contributed by atoms with Crippen LogP contribution in [0.25, 0.3) is 10.9 Å². The van der Waals surface area contributed by atoms with E-state index in [9.17, 15) is 10.2 Å². The molecule has 2 aromatic rings. The van der Waals surface area contributed by atoms with Gasteiger partial charge >= 0.3 is 0 Å². The van der Waals surface area contributed by atoms with E-state index in [0.717, 1.165) is 13.1 Å². The number of halogens is 1. The van der Waals surface area contributed by atoms with Gasteiger partial charge in [-0.2, -0.15) is 0 Å². The van der Waals surface area contributed by atoms with E-state index >= 15 is 0 Å². The maximum absolute atomic E-state index is 10.3. The maximum Gasteiger partial charge on any atom is 0.163 e. The molecule has 0 amide bonds. The smallest absolute Gasteiger partial charge is 0.163 e. The number of ether oxygens (including phenoxy) is 1. The number of aromatic hydroxyl groups is 2. The molecular formula is C15H16ClN3O3. The minimum absolute atomic E-state index is 0.00178. The predicted octanol–water partition coefficient (Wildman–Crippen LogP) is 2.33. The maximum atomic E-state index is 10.3. The standard InChI is InChI=1S/C15H16ClN3O3/c16-11-13(18-4-5-19-6-8-22-9-7-19)14(20)10-2-1-3-17-12(10)15(11)21/h1-4,20-21H,5-9H2. The van der Waals surface area contributed by atoms with Crippen LogP contribution in [0.2, 0.25) is 5.02 Å². The van der Waals surface area contributed by atoms with Gasteiger partial charge in [0.2, 0.25) is 0 Å². The monoisotopic (exact) mass is 321 g/mol. The van der Waals surface area contributed by atoms with Crippen LogP contribution in [0.1, 0.15) is 0 Å². The highest BCUT2D eigenvalue weighted by Gasteiger charge is 2.17. The van der Waals surface area contributed by atoms with Crippen molar-refractivity contribution in [2.45, 2.75) is 0 Å². The Labute approximate surface area is 132 Å².